The van der Waals surface area contributed by atoms with Crippen LogP contribution in [-0.4, -0.2) is 23.5 Å². The van der Waals surface area contributed by atoms with E-state index in [1.807, 2.05) is 26.0 Å². The maximum atomic E-state index is 12.3. The van der Waals surface area contributed by atoms with E-state index in [-0.39, 0.29) is 12.3 Å². The lowest BCUT2D eigenvalue weighted by Crippen LogP contribution is -2.40. The van der Waals surface area contributed by atoms with Crippen LogP contribution in [-0.2, 0) is 21.4 Å². The molecule has 1 amide bonds. The summed E-state index contributed by atoms with van der Waals surface area (Å²) in [6.07, 6.45) is 2.40. The first-order valence-corrected chi connectivity index (χ1v) is 7.47. The predicted molar refractivity (Wildman–Crippen MR) is 83.3 cm³/mol. The Bertz CT molecular complexity index is 477. The van der Waals surface area contributed by atoms with Gasteiger partial charge in [-0.25, -0.2) is 0 Å². The molecule has 0 unspecified atom stereocenters. The minimum absolute atomic E-state index is 0.0259. The maximum absolute atomic E-state index is 12.3. The second-order valence-electron chi connectivity index (χ2n) is 5.78. The molecular formula is C17H25NO3. The topological polar surface area (TPSA) is 66.4 Å². The zero-order valence-corrected chi connectivity index (χ0v) is 13.1. The molecule has 0 saturated heterocycles. The molecule has 0 radical (unpaired) electrons. The normalized spacial score (nSPS) is 11.2. The number of carbonyl (C=O) groups is 2. The highest BCUT2D eigenvalue weighted by atomic mass is 16.4. The summed E-state index contributed by atoms with van der Waals surface area (Å²) in [7, 11) is 0. The molecule has 116 valence electrons. The van der Waals surface area contributed by atoms with Crippen LogP contribution < -0.4 is 5.32 Å². The highest BCUT2D eigenvalue weighted by molar-refractivity contribution is 5.87. The fourth-order valence-electron chi connectivity index (χ4n) is 2.11. The first kappa shape index (κ1) is 17.2. The van der Waals surface area contributed by atoms with Crippen LogP contribution in [0.3, 0.4) is 0 Å². The van der Waals surface area contributed by atoms with Gasteiger partial charge in [-0.15, -0.1) is 0 Å². The number of aliphatic carboxylic acids is 1. The Balaban J connectivity index is 2.52. The Morgan fingerprint density at radius 2 is 1.76 bits per heavy atom. The molecule has 0 spiro atoms. The third kappa shape index (κ3) is 5.21. The lowest BCUT2D eigenvalue weighted by molar-refractivity contribution is -0.137. The van der Waals surface area contributed by atoms with Crippen molar-refractivity contribution in [3.05, 3.63) is 35.4 Å². The van der Waals surface area contributed by atoms with Gasteiger partial charge in [0.25, 0.3) is 0 Å². The molecule has 0 saturated carbocycles. The molecule has 0 heterocycles. The Kier molecular flexibility index (Phi) is 6.40. The maximum Gasteiger partial charge on any atom is 0.303 e. The third-order valence-corrected chi connectivity index (χ3v) is 3.75. The summed E-state index contributed by atoms with van der Waals surface area (Å²) >= 11 is 0. The minimum atomic E-state index is -0.794. The Morgan fingerprint density at radius 1 is 1.14 bits per heavy atom. The molecule has 0 aromatic heterocycles. The van der Waals surface area contributed by atoms with Crippen LogP contribution in [0.15, 0.2) is 24.3 Å². The van der Waals surface area contributed by atoms with Crippen LogP contribution in [0.4, 0.5) is 0 Å². The monoisotopic (exact) mass is 291 g/mol. The number of nitrogens with one attached hydrogen (secondary N) is 1. The van der Waals surface area contributed by atoms with E-state index in [1.165, 1.54) is 5.56 Å². The van der Waals surface area contributed by atoms with Crippen LogP contribution in [0, 0.1) is 0 Å². The number of carboxylic acids is 1. The van der Waals surface area contributed by atoms with Crippen LogP contribution in [0.25, 0.3) is 0 Å². The minimum Gasteiger partial charge on any atom is -0.481 e. The van der Waals surface area contributed by atoms with Crippen molar-refractivity contribution in [2.75, 3.05) is 6.54 Å². The number of aryl methyl sites for hydroxylation is 1. The quantitative estimate of drug-likeness (QED) is 0.724. The number of unbranched alkanes of at least 4 members (excludes halogenated alkanes) is 1. The Hall–Kier alpha value is -1.84. The molecule has 0 bridgehead atoms. The molecule has 1 rings (SSSR count). The number of rotatable bonds is 8. The van der Waals surface area contributed by atoms with E-state index in [9.17, 15) is 9.59 Å². The van der Waals surface area contributed by atoms with Crippen LogP contribution >= 0.6 is 0 Å². The van der Waals surface area contributed by atoms with Gasteiger partial charge in [0.05, 0.1) is 5.41 Å². The van der Waals surface area contributed by atoms with E-state index in [0.717, 1.165) is 12.0 Å². The fourth-order valence-corrected chi connectivity index (χ4v) is 2.11. The Labute approximate surface area is 126 Å². The first-order valence-electron chi connectivity index (χ1n) is 7.47. The lowest BCUT2D eigenvalue weighted by atomic mass is 9.83. The zero-order chi connectivity index (χ0) is 15.9. The summed E-state index contributed by atoms with van der Waals surface area (Å²) in [5.41, 5.74) is 1.66. The highest BCUT2D eigenvalue weighted by Gasteiger charge is 2.29. The van der Waals surface area contributed by atoms with Crippen molar-refractivity contribution in [3.63, 3.8) is 0 Å². The Morgan fingerprint density at radius 3 is 2.29 bits per heavy atom. The molecule has 1 aromatic carbocycles. The number of hydrogen-bond donors (Lipinski definition) is 2. The third-order valence-electron chi connectivity index (χ3n) is 3.75. The number of amides is 1. The SMILES string of the molecule is CCc1ccc(C(C)(C)C(=O)NCCCCC(=O)O)cc1. The van der Waals surface area contributed by atoms with Gasteiger partial charge in [-0.2, -0.15) is 0 Å². The first-order chi connectivity index (χ1) is 9.87. The van der Waals surface area contributed by atoms with Gasteiger partial charge in [0, 0.05) is 13.0 Å². The second kappa shape index (κ2) is 7.81. The molecular weight excluding hydrogens is 266 g/mol. The van der Waals surface area contributed by atoms with Gasteiger partial charge in [-0.3, -0.25) is 9.59 Å². The van der Waals surface area contributed by atoms with Gasteiger partial charge in [0.15, 0.2) is 0 Å². The predicted octanol–water partition coefficient (Wildman–Crippen LogP) is 2.90. The van der Waals surface area contributed by atoms with Crippen molar-refractivity contribution in [3.8, 4) is 0 Å². The molecule has 0 aliphatic heterocycles. The molecule has 2 N–H and O–H groups in total. The molecule has 4 nitrogen and oxygen atoms in total. The summed E-state index contributed by atoms with van der Waals surface area (Å²) in [5, 5.41) is 11.4. The molecule has 0 aliphatic carbocycles. The van der Waals surface area contributed by atoms with E-state index in [4.69, 9.17) is 5.11 Å². The van der Waals surface area contributed by atoms with Gasteiger partial charge in [0.2, 0.25) is 5.91 Å². The number of carboxylic acid groups (broad SMARTS) is 1. The number of carbonyl (C=O) groups excluding carboxylic acids is 1. The summed E-state index contributed by atoms with van der Waals surface area (Å²) < 4.78 is 0. The van der Waals surface area contributed by atoms with Crippen molar-refractivity contribution in [1.82, 2.24) is 5.32 Å². The molecule has 4 heteroatoms. The average molecular weight is 291 g/mol. The van der Waals surface area contributed by atoms with Crippen molar-refractivity contribution in [1.29, 1.82) is 0 Å². The smallest absolute Gasteiger partial charge is 0.303 e. The van der Waals surface area contributed by atoms with Gasteiger partial charge in [-0.05, 0) is 44.2 Å². The van der Waals surface area contributed by atoms with Crippen molar-refractivity contribution >= 4 is 11.9 Å². The van der Waals surface area contributed by atoms with Crippen molar-refractivity contribution < 1.29 is 14.7 Å². The highest BCUT2D eigenvalue weighted by Crippen LogP contribution is 2.23. The fraction of sp³-hybridized carbons (Fsp3) is 0.529. The lowest BCUT2D eigenvalue weighted by Gasteiger charge is -2.24. The largest absolute Gasteiger partial charge is 0.481 e. The van der Waals surface area contributed by atoms with Crippen molar-refractivity contribution in [2.45, 2.75) is 51.9 Å². The molecule has 1 aromatic rings. The summed E-state index contributed by atoms with van der Waals surface area (Å²) in [6.45, 7) is 6.42. The number of hydrogen-bond acceptors (Lipinski definition) is 2. The summed E-state index contributed by atoms with van der Waals surface area (Å²) in [5.74, 6) is -0.820. The van der Waals surface area contributed by atoms with E-state index in [1.54, 1.807) is 0 Å². The van der Waals surface area contributed by atoms with E-state index < -0.39 is 11.4 Å². The van der Waals surface area contributed by atoms with Crippen LogP contribution in [0.1, 0.15) is 51.2 Å². The molecule has 0 fully saturated rings. The summed E-state index contributed by atoms with van der Waals surface area (Å²) in [6, 6.07) is 8.11. The summed E-state index contributed by atoms with van der Waals surface area (Å²) in [4.78, 5) is 22.7. The van der Waals surface area contributed by atoms with Gasteiger partial charge >= 0.3 is 5.97 Å². The van der Waals surface area contributed by atoms with Crippen molar-refractivity contribution in [2.24, 2.45) is 0 Å². The molecule has 0 atom stereocenters. The van der Waals surface area contributed by atoms with Crippen LogP contribution in [0.2, 0.25) is 0 Å². The van der Waals surface area contributed by atoms with E-state index in [2.05, 4.69) is 24.4 Å². The van der Waals surface area contributed by atoms with Gasteiger partial charge in [-0.1, -0.05) is 31.2 Å². The molecule has 0 aliphatic rings. The second-order valence-corrected chi connectivity index (χ2v) is 5.78. The number of benzene rings is 1. The van der Waals surface area contributed by atoms with E-state index >= 15 is 0 Å². The zero-order valence-electron chi connectivity index (χ0n) is 13.1. The van der Waals surface area contributed by atoms with Crippen LogP contribution in [0.5, 0.6) is 0 Å². The standard InChI is InChI=1S/C17H25NO3/c1-4-13-8-10-14(11-9-13)17(2,3)16(21)18-12-6-5-7-15(19)20/h8-11H,4-7,12H2,1-3H3,(H,18,21)(H,19,20). The van der Waals surface area contributed by atoms with Gasteiger partial charge < -0.3 is 10.4 Å². The average Bonchev–Trinajstić information content (AvgIpc) is 2.46. The van der Waals surface area contributed by atoms with Gasteiger partial charge in [0.1, 0.15) is 0 Å². The molecule has 21 heavy (non-hydrogen) atoms. The van der Waals surface area contributed by atoms with E-state index in [0.29, 0.717) is 19.4 Å².